The van der Waals surface area contributed by atoms with E-state index in [2.05, 4.69) is 57.2 Å². The molecule has 4 nitrogen and oxygen atoms in total. The Morgan fingerprint density at radius 1 is 0.253 bits per heavy atom. The lowest BCUT2D eigenvalue weighted by atomic mass is 10.0. The quantitative estimate of drug-likeness (QED) is 0.0508. The maximum atomic E-state index is 11.8. The lowest BCUT2D eigenvalue weighted by Crippen LogP contribution is -2.02. The van der Waals surface area contributed by atoms with Gasteiger partial charge in [0.25, 0.3) is 0 Å². The van der Waals surface area contributed by atoms with Crippen molar-refractivity contribution < 1.29 is 0 Å². The topological polar surface area (TPSA) is 68.3 Å². The van der Waals surface area contributed by atoms with Gasteiger partial charge in [-0.05, 0) is 129 Å². The van der Waals surface area contributed by atoms with Gasteiger partial charge in [-0.3, -0.25) is 19.2 Å². The van der Waals surface area contributed by atoms with Gasteiger partial charge in [0.1, 0.15) is 0 Å². The molecular weight excluding hydrogens is 917 g/mol. The molecule has 0 atom stereocenters. The minimum absolute atomic E-state index is 0.0823. The highest BCUT2D eigenvalue weighted by Gasteiger charge is 2.05. The Bertz CT molecular complexity index is 2730. The molecule has 402 valence electrons. The highest BCUT2D eigenvalue weighted by molar-refractivity contribution is 5.67. The summed E-state index contributed by atoms with van der Waals surface area (Å²) in [5.74, 6) is 0. The molecule has 0 radical (unpaired) electrons. The number of rotatable bonds is 26. The SMILES string of the molecule is CCCCCCCCCCCCCCc1ccccc(=O)c1C.CCCCCCCCCCCCc1ccccc(=O)c1C.Cc1c(-c2ccccc2)ccccc1=O.Cc1ccc(-c2ccccc(=O)c2C)cc1. The summed E-state index contributed by atoms with van der Waals surface area (Å²) in [4.78, 5) is 46.8. The number of aryl methyl sites for hydroxylation is 3. The summed E-state index contributed by atoms with van der Waals surface area (Å²) < 4.78 is 0. The second-order valence-electron chi connectivity index (χ2n) is 20.5. The first kappa shape index (κ1) is 63.3. The Hall–Kier alpha value is -6.00. The Morgan fingerprint density at radius 2 is 0.520 bits per heavy atom. The van der Waals surface area contributed by atoms with Gasteiger partial charge in [0.05, 0.1) is 0 Å². The Balaban J connectivity index is 0.000000267. The molecular formula is C71H94O4. The third kappa shape index (κ3) is 26.4. The van der Waals surface area contributed by atoms with E-state index < -0.39 is 0 Å². The third-order valence-electron chi connectivity index (χ3n) is 14.4. The van der Waals surface area contributed by atoms with E-state index >= 15 is 0 Å². The van der Waals surface area contributed by atoms with E-state index in [0.29, 0.717) is 0 Å². The molecule has 0 N–H and O–H groups in total. The van der Waals surface area contributed by atoms with Gasteiger partial charge >= 0.3 is 0 Å². The Labute approximate surface area is 454 Å². The lowest BCUT2D eigenvalue weighted by Gasteiger charge is -2.04. The zero-order valence-electron chi connectivity index (χ0n) is 47.5. The number of benzene rings is 2. The average Bonchev–Trinajstić information content (AvgIpc) is 3.85. The second-order valence-corrected chi connectivity index (χ2v) is 20.5. The summed E-state index contributed by atoms with van der Waals surface area (Å²) >= 11 is 0. The zero-order chi connectivity index (χ0) is 54.3. The smallest absolute Gasteiger partial charge is 0.182 e. The normalized spacial score (nSPS) is 10.5. The molecule has 0 saturated carbocycles. The van der Waals surface area contributed by atoms with Crippen molar-refractivity contribution in [3.63, 3.8) is 0 Å². The fraction of sp³-hybridized carbons (Fsp3) is 0.437. The maximum absolute atomic E-state index is 11.8. The van der Waals surface area contributed by atoms with Gasteiger partial charge in [-0.2, -0.15) is 0 Å². The number of unbranched alkanes of at least 4 members (excludes halogenated alkanes) is 20. The van der Waals surface area contributed by atoms with Crippen molar-refractivity contribution in [2.45, 2.75) is 203 Å². The Kier molecular flexibility index (Phi) is 33.3. The van der Waals surface area contributed by atoms with Crippen LogP contribution in [0.2, 0.25) is 0 Å². The predicted molar refractivity (Wildman–Crippen MR) is 326 cm³/mol. The van der Waals surface area contributed by atoms with Crippen LogP contribution in [-0.2, 0) is 12.8 Å². The van der Waals surface area contributed by atoms with E-state index in [-0.39, 0.29) is 21.7 Å². The van der Waals surface area contributed by atoms with Crippen molar-refractivity contribution in [3.8, 4) is 22.3 Å². The first-order chi connectivity index (χ1) is 36.5. The summed E-state index contributed by atoms with van der Waals surface area (Å²) in [7, 11) is 0. The fourth-order valence-electron chi connectivity index (χ4n) is 9.28. The van der Waals surface area contributed by atoms with E-state index in [1.54, 1.807) is 36.4 Å². The van der Waals surface area contributed by atoms with E-state index in [4.69, 9.17) is 0 Å². The van der Waals surface area contributed by atoms with Crippen LogP contribution in [0.5, 0.6) is 0 Å². The third-order valence-corrected chi connectivity index (χ3v) is 14.4. The predicted octanol–water partition coefficient (Wildman–Crippen LogP) is 18.8. The molecule has 0 heterocycles. The van der Waals surface area contributed by atoms with Crippen LogP contribution in [0.3, 0.4) is 0 Å². The summed E-state index contributed by atoms with van der Waals surface area (Å²) in [5, 5.41) is 0. The minimum Gasteiger partial charge on any atom is -0.290 e. The second kappa shape index (κ2) is 39.4. The van der Waals surface area contributed by atoms with Gasteiger partial charge in [0.15, 0.2) is 21.7 Å². The Morgan fingerprint density at radius 3 is 0.867 bits per heavy atom. The van der Waals surface area contributed by atoms with Crippen LogP contribution in [0.15, 0.2) is 171 Å². The highest BCUT2D eigenvalue weighted by atomic mass is 16.1. The van der Waals surface area contributed by atoms with Crippen molar-refractivity contribution in [1.82, 2.24) is 0 Å². The van der Waals surface area contributed by atoms with Gasteiger partial charge in [0.2, 0.25) is 0 Å². The van der Waals surface area contributed by atoms with Gasteiger partial charge in [0, 0.05) is 11.1 Å². The molecule has 6 aromatic rings. The maximum Gasteiger partial charge on any atom is 0.182 e. The lowest BCUT2D eigenvalue weighted by molar-refractivity contribution is 0.544. The molecule has 0 aromatic heterocycles. The van der Waals surface area contributed by atoms with Crippen molar-refractivity contribution in [1.29, 1.82) is 0 Å². The molecule has 0 saturated heterocycles. The monoisotopic (exact) mass is 1010 g/mol. The van der Waals surface area contributed by atoms with Crippen molar-refractivity contribution in [2.75, 3.05) is 0 Å². The first-order valence-corrected chi connectivity index (χ1v) is 29.0. The van der Waals surface area contributed by atoms with Crippen LogP contribution in [0.4, 0.5) is 0 Å². The standard InChI is InChI=1S/C22H36O.C20H32O.C15H14O.C14H12O/c1-3-4-5-6-7-8-9-10-11-12-13-14-17-21-18-15-16-19-22(23)20(21)2;1-3-4-5-6-7-8-9-10-11-12-15-19-16-13-14-17-20(21)18(19)2;1-11-7-9-13(10-8-11)14-5-3-4-6-15(16)12(14)2;1-11-13(9-5-6-10-14(11)15)12-7-3-2-4-8-12/h15-16,18-19H,3-14,17H2,1-2H3;13-14,16-17H,3-12,15H2,1-2H3;3-10H,1-2H3;2-10H,1H3. The minimum atomic E-state index is 0.0823. The zero-order valence-corrected chi connectivity index (χ0v) is 47.5. The molecule has 4 heteroatoms. The van der Waals surface area contributed by atoms with E-state index in [0.717, 1.165) is 57.3 Å². The summed E-state index contributed by atoms with van der Waals surface area (Å²) in [6.45, 7) is 14.2. The average molecular weight is 1010 g/mol. The molecule has 0 aliphatic heterocycles. The highest BCUT2D eigenvalue weighted by Crippen LogP contribution is 2.22. The van der Waals surface area contributed by atoms with E-state index in [1.165, 1.54) is 158 Å². The van der Waals surface area contributed by atoms with Gasteiger partial charge < -0.3 is 0 Å². The molecule has 0 bridgehead atoms. The van der Waals surface area contributed by atoms with Crippen LogP contribution >= 0.6 is 0 Å². The molecule has 75 heavy (non-hydrogen) atoms. The van der Waals surface area contributed by atoms with Crippen LogP contribution in [0.1, 0.15) is 194 Å². The molecule has 0 unspecified atom stereocenters. The fourth-order valence-corrected chi connectivity index (χ4v) is 9.28. The van der Waals surface area contributed by atoms with Gasteiger partial charge in [-0.25, -0.2) is 0 Å². The molecule has 6 aromatic carbocycles. The largest absolute Gasteiger partial charge is 0.290 e. The number of hydrogen-bond donors (Lipinski definition) is 0. The summed E-state index contributed by atoms with van der Waals surface area (Å²) in [6, 6.07) is 47.9. The summed E-state index contributed by atoms with van der Waals surface area (Å²) in [5.41, 5.74) is 11.8. The first-order valence-electron chi connectivity index (χ1n) is 29.0. The molecule has 6 rings (SSSR count). The molecule has 0 fully saturated rings. The van der Waals surface area contributed by atoms with E-state index in [9.17, 15) is 19.2 Å². The van der Waals surface area contributed by atoms with E-state index in [1.807, 2.05) is 107 Å². The van der Waals surface area contributed by atoms with Crippen molar-refractivity contribution in [2.24, 2.45) is 0 Å². The van der Waals surface area contributed by atoms with Crippen LogP contribution in [0, 0.1) is 34.6 Å². The molecule has 0 aliphatic carbocycles. The molecule has 0 spiro atoms. The molecule has 0 aliphatic rings. The summed E-state index contributed by atoms with van der Waals surface area (Å²) in [6.07, 6.45) is 32.2. The van der Waals surface area contributed by atoms with Gasteiger partial charge in [-0.15, -0.1) is 0 Å². The van der Waals surface area contributed by atoms with Crippen LogP contribution in [-0.4, -0.2) is 0 Å². The van der Waals surface area contributed by atoms with Crippen LogP contribution < -0.4 is 21.7 Å². The molecule has 0 amide bonds. The van der Waals surface area contributed by atoms with Crippen LogP contribution in [0.25, 0.3) is 22.3 Å². The number of hydrogen-bond acceptors (Lipinski definition) is 4. The van der Waals surface area contributed by atoms with Crippen molar-refractivity contribution in [3.05, 3.63) is 231 Å². The van der Waals surface area contributed by atoms with Gasteiger partial charge in [-0.1, -0.05) is 275 Å². The van der Waals surface area contributed by atoms with Crippen molar-refractivity contribution >= 4 is 0 Å².